The lowest BCUT2D eigenvalue weighted by Gasteiger charge is -2.36. The Morgan fingerprint density at radius 3 is 2.87 bits per heavy atom. The Labute approximate surface area is 139 Å². The molecule has 124 valence electrons. The van der Waals surface area contributed by atoms with Gasteiger partial charge >= 0.3 is 5.97 Å². The van der Waals surface area contributed by atoms with Crippen molar-refractivity contribution in [3.8, 4) is 0 Å². The van der Waals surface area contributed by atoms with Crippen LogP contribution in [0.15, 0.2) is 36.4 Å². The van der Waals surface area contributed by atoms with E-state index in [9.17, 15) is 9.90 Å². The zero-order valence-electron chi connectivity index (χ0n) is 14.2. The second-order valence-electron chi connectivity index (χ2n) is 7.23. The van der Waals surface area contributed by atoms with Crippen molar-refractivity contribution in [1.29, 1.82) is 0 Å². The molecule has 1 aliphatic carbocycles. The Morgan fingerprint density at radius 1 is 1.26 bits per heavy atom. The van der Waals surface area contributed by atoms with Crippen molar-refractivity contribution in [3.05, 3.63) is 42.0 Å². The molecule has 1 fully saturated rings. The third kappa shape index (κ3) is 3.01. The Bertz CT molecular complexity index is 609. The van der Waals surface area contributed by atoms with Gasteiger partial charge in [-0.15, -0.1) is 0 Å². The SMILES string of the molecule is CC1CC2(C=CCCCCC2)C(C)N1c1cccc(C(=O)O)c1. The quantitative estimate of drug-likeness (QED) is 0.791. The van der Waals surface area contributed by atoms with Crippen LogP contribution in [0.4, 0.5) is 5.69 Å². The molecule has 3 atom stereocenters. The predicted molar refractivity (Wildman–Crippen MR) is 94.1 cm³/mol. The van der Waals surface area contributed by atoms with E-state index in [1.165, 1.54) is 32.1 Å². The molecule has 3 unspecified atom stereocenters. The van der Waals surface area contributed by atoms with Gasteiger partial charge in [-0.25, -0.2) is 4.79 Å². The highest BCUT2D eigenvalue weighted by Gasteiger charge is 2.46. The lowest BCUT2D eigenvalue weighted by molar-refractivity contribution is 0.0697. The summed E-state index contributed by atoms with van der Waals surface area (Å²) in [5.41, 5.74) is 1.65. The molecule has 3 nitrogen and oxygen atoms in total. The number of benzene rings is 1. The number of anilines is 1. The summed E-state index contributed by atoms with van der Waals surface area (Å²) in [5.74, 6) is -0.855. The molecule has 0 radical (unpaired) electrons. The maximum atomic E-state index is 11.3. The largest absolute Gasteiger partial charge is 0.478 e. The summed E-state index contributed by atoms with van der Waals surface area (Å²) in [4.78, 5) is 13.7. The van der Waals surface area contributed by atoms with E-state index in [-0.39, 0.29) is 5.41 Å². The molecule has 1 aromatic rings. The fourth-order valence-corrected chi connectivity index (χ4v) is 4.57. The van der Waals surface area contributed by atoms with Crippen LogP contribution >= 0.6 is 0 Å². The van der Waals surface area contributed by atoms with Gasteiger partial charge in [0.15, 0.2) is 0 Å². The molecule has 0 bridgehead atoms. The van der Waals surface area contributed by atoms with Crippen molar-refractivity contribution in [2.45, 2.75) is 64.5 Å². The fraction of sp³-hybridized carbons (Fsp3) is 0.550. The average Bonchev–Trinajstić information content (AvgIpc) is 2.75. The first-order valence-corrected chi connectivity index (χ1v) is 8.83. The number of carboxylic acid groups (broad SMARTS) is 1. The summed E-state index contributed by atoms with van der Waals surface area (Å²) in [6, 6.07) is 8.22. The highest BCUT2D eigenvalue weighted by atomic mass is 16.4. The van der Waals surface area contributed by atoms with E-state index in [0.717, 1.165) is 12.1 Å². The molecule has 0 amide bonds. The van der Waals surface area contributed by atoms with E-state index in [1.807, 2.05) is 18.2 Å². The predicted octanol–water partition coefficient (Wildman–Crippen LogP) is 4.88. The summed E-state index contributed by atoms with van der Waals surface area (Å²) >= 11 is 0. The maximum Gasteiger partial charge on any atom is 0.335 e. The van der Waals surface area contributed by atoms with Gasteiger partial charge in [-0.3, -0.25) is 0 Å². The molecule has 2 aliphatic rings. The number of nitrogens with zero attached hydrogens (tertiary/aromatic N) is 1. The monoisotopic (exact) mass is 313 g/mol. The Morgan fingerprint density at radius 2 is 2.09 bits per heavy atom. The van der Waals surface area contributed by atoms with E-state index < -0.39 is 5.97 Å². The van der Waals surface area contributed by atoms with E-state index in [1.54, 1.807) is 6.07 Å². The Kier molecular flexibility index (Phi) is 4.47. The zero-order chi connectivity index (χ0) is 16.4. The molecule has 0 aromatic heterocycles. The first-order valence-electron chi connectivity index (χ1n) is 8.83. The number of hydrogen-bond acceptors (Lipinski definition) is 2. The smallest absolute Gasteiger partial charge is 0.335 e. The molecule has 23 heavy (non-hydrogen) atoms. The van der Waals surface area contributed by atoms with Crippen molar-refractivity contribution in [2.24, 2.45) is 5.41 Å². The third-order valence-corrected chi connectivity index (χ3v) is 5.75. The van der Waals surface area contributed by atoms with Crippen molar-refractivity contribution >= 4 is 11.7 Å². The molecular formula is C20H27NO2. The molecular weight excluding hydrogens is 286 g/mol. The van der Waals surface area contributed by atoms with Gasteiger partial charge in [0.05, 0.1) is 5.56 Å². The van der Waals surface area contributed by atoms with Crippen LogP contribution in [-0.2, 0) is 0 Å². The number of hydrogen-bond donors (Lipinski definition) is 1. The van der Waals surface area contributed by atoms with E-state index in [0.29, 0.717) is 17.6 Å². The summed E-state index contributed by atoms with van der Waals surface area (Å²) in [6.45, 7) is 4.58. The summed E-state index contributed by atoms with van der Waals surface area (Å²) < 4.78 is 0. The van der Waals surface area contributed by atoms with Crippen molar-refractivity contribution in [3.63, 3.8) is 0 Å². The minimum absolute atomic E-state index is 0.235. The van der Waals surface area contributed by atoms with Crippen LogP contribution in [0.25, 0.3) is 0 Å². The van der Waals surface area contributed by atoms with E-state index in [2.05, 4.69) is 30.9 Å². The van der Waals surface area contributed by atoms with Crippen LogP contribution in [0.2, 0.25) is 0 Å². The highest BCUT2D eigenvalue weighted by molar-refractivity contribution is 5.88. The van der Waals surface area contributed by atoms with Crippen molar-refractivity contribution in [2.75, 3.05) is 4.90 Å². The topological polar surface area (TPSA) is 40.5 Å². The van der Waals surface area contributed by atoms with Gasteiger partial charge in [0.25, 0.3) is 0 Å². The van der Waals surface area contributed by atoms with Gasteiger partial charge in [-0.2, -0.15) is 0 Å². The molecule has 1 saturated heterocycles. The molecule has 1 N–H and O–H groups in total. The standard InChI is InChI=1S/C20H27NO2/c1-15-14-20(11-6-4-3-5-7-12-20)16(2)21(15)18-10-8-9-17(13-18)19(22)23/h6,8-11,13,15-16H,3-5,7,12,14H2,1-2H3,(H,22,23). The third-order valence-electron chi connectivity index (χ3n) is 5.75. The minimum atomic E-state index is -0.855. The second kappa shape index (κ2) is 6.38. The molecule has 3 rings (SSSR count). The van der Waals surface area contributed by atoms with E-state index >= 15 is 0 Å². The number of aromatic carboxylic acids is 1. The van der Waals surface area contributed by atoms with Gasteiger partial charge < -0.3 is 10.0 Å². The molecule has 1 aromatic carbocycles. The highest BCUT2D eigenvalue weighted by Crippen LogP contribution is 2.48. The van der Waals surface area contributed by atoms with Crippen LogP contribution < -0.4 is 4.90 Å². The van der Waals surface area contributed by atoms with Gasteiger partial charge in [0.1, 0.15) is 0 Å². The van der Waals surface area contributed by atoms with Gasteiger partial charge in [0, 0.05) is 23.2 Å². The zero-order valence-corrected chi connectivity index (χ0v) is 14.2. The van der Waals surface area contributed by atoms with Crippen LogP contribution in [0.5, 0.6) is 0 Å². The van der Waals surface area contributed by atoms with Crippen LogP contribution in [0.1, 0.15) is 62.7 Å². The maximum absolute atomic E-state index is 11.3. The molecule has 1 aliphatic heterocycles. The van der Waals surface area contributed by atoms with Gasteiger partial charge in [-0.05, 0) is 57.7 Å². The van der Waals surface area contributed by atoms with E-state index in [4.69, 9.17) is 0 Å². The first-order chi connectivity index (χ1) is 11.0. The first kappa shape index (κ1) is 16.1. The number of allylic oxidation sites excluding steroid dienone is 1. The fourth-order valence-electron chi connectivity index (χ4n) is 4.57. The minimum Gasteiger partial charge on any atom is -0.478 e. The van der Waals surface area contributed by atoms with Gasteiger partial charge in [-0.1, -0.05) is 31.1 Å². The normalized spacial score (nSPS) is 31.1. The van der Waals surface area contributed by atoms with Crippen LogP contribution in [0, 0.1) is 5.41 Å². The van der Waals surface area contributed by atoms with Crippen molar-refractivity contribution in [1.82, 2.24) is 0 Å². The van der Waals surface area contributed by atoms with Crippen LogP contribution in [0.3, 0.4) is 0 Å². The lowest BCUT2D eigenvalue weighted by atomic mass is 9.74. The second-order valence-corrected chi connectivity index (χ2v) is 7.23. The number of carbonyl (C=O) groups is 1. The molecule has 1 spiro atoms. The Hall–Kier alpha value is -1.77. The molecule has 3 heteroatoms. The summed E-state index contributed by atoms with van der Waals surface area (Å²) in [5, 5.41) is 9.26. The summed E-state index contributed by atoms with van der Waals surface area (Å²) in [6.07, 6.45) is 12.4. The number of rotatable bonds is 2. The average molecular weight is 313 g/mol. The van der Waals surface area contributed by atoms with Gasteiger partial charge in [0.2, 0.25) is 0 Å². The Balaban J connectivity index is 1.93. The number of carboxylic acids is 1. The van der Waals surface area contributed by atoms with Crippen molar-refractivity contribution < 1.29 is 9.90 Å². The molecule has 1 heterocycles. The van der Waals surface area contributed by atoms with Crippen LogP contribution in [-0.4, -0.2) is 23.2 Å². The molecule has 0 saturated carbocycles. The summed E-state index contributed by atoms with van der Waals surface area (Å²) in [7, 11) is 0. The lowest BCUT2D eigenvalue weighted by Crippen LogP contribution is -2.38.